The number of hydrogen-bond acceptors (Lipinski definition) is 7. The van der Waals surface area contributed by atoms with Gasteiger partial charge in [0.1, 0.15) is 4.88 Å². The van der Waals surface area contributed by atoms with Crippen molar-refractivity contribution in [2.75, 3.05) is 38.0 Å². The van der Waals surface area contributed by atoms with Crippen molar-refractivity contribution >= 4 is 28.3 Å². The lowest BCUT2D eigenvalue weighted by Gasteiger charge is -2.43. The van der Waals surface area contributed by atoms with E-state index in [1.807, 2.05) is 4.90 Å². The van der Waals surface area contributed by atoms with Crippen molar-refractivity contribution in [3.05, 3.63) is 46.5 Å². The van der Waals surface area contributed by atoms with E-state index in [-0.39, 0.29) is 23.9 Å². The van der Waals surface area contributed by atoms with Gasteiger partial charge in [-0.05, 0) is 36.8 Å². The summed E-state index contributed by atoms with van der Waals surface area (Å²) < 4.78 is 0. The minimum Gasteiger partial charge on any atom is -0.390 e. The van der Waals surface area contributed by atoms with Crippen LogP contribution in [0.2, 0.25) is 0 Å². The van der Waals surface area contributed by atoms with Crippen LogP contribution in [0.15, 0.2) is 30.5 Å². The van der Waals surface area contributed by atoms with Gasteiger partial charge in [0.2, 0.25) is 5.91 Å². The number of thiazole rings is 1. The second-order valence-electron chi connectivity index (χ2n) is 9.62. The number of carbonyl (C=O) groups is 2. The number of nitrogens with zero attached hydrogens (tertiary/aromatic N) is 4. The van der Waals surface area contributed by atoms with Crippen LogP contribution >= 0.6 is 11.3 Å². The molecule has 34 heavy (non-hydrogen) atoms. The van der Waals surface area contributed by atoms with E-state index >= 15 is 0 Å². The van der Waals surface area contributed by atoms with Gasteiger partial charge in [0.05, 0.1) is 12.3 Å². The first-order valence-corrected chi connectivity index (χ1v) is 13.1. The molecule has 5 rings (SSSR count). The van der Waals surface area contributed by atoms with E-state index in [1.54, 1.807) is 18.0 Å². The number of nitrogens with one attached hydrogen (secondary N) is 1. The third-order valence-electron chi connectivity index (χ3n) is 7.45. The Bertz CT molecular complexity index is 1040. The fourth-order valence-electron chi connectivity index (χ4n) is 5.44. The van der Waals surface area contributed by atoms with Crippen molar-refractivity contribution < 1.29 is 14.7 Å². The van der Waals surface area contributed by atoms with Crippen molar-refractivity contribution in [2.45, 2.75) is 57.3 Å². The van der Waals surface area contributed by atoms with Crippen LogP contribution in [0.25, 0.3) is 0 Å². The lowest BCUT2D eigenvalue weighted by atomic mass is 9.94. The molecule has 2 amide bonds. The van der Waals surface area contributed by atoms with E-state index < -0.39 is 6.10 Å². The highest BCUT2D eigenvalue weighted by Crippen LogP contribution is 2.28. The van der Waals surface area contributed by atoms with Crippen LogP contribution in [-0.4, -0.2) is 87.5 Å². The fourth-order valence-corrected chi connectivity index (χ4v) is 6.30. The first kappa shape index (κ1) is 23.3. The molecule has 9 heteroatoms. The van der Waals surface area contributed by atoms with Crippen molar-refractivity contribution in [3.63, 3.8) is 0 Å². The highest BCUT2D eigenvalue weighted by Gasteiger charge is 2.36. The van der Waals surface area contributed by atoms with E-state index in [0.717, 1.165) is 57.0 Å². The fraction of sp³-hybridized carbons (Fsp3) is 0.560. The number of amides is 2. The van der Waals surface area contributed by atoms with Crippen LogP contribution in [0.1, 0.15) is 47.0 Å². The second kappa shape index (κ2) is 10.0. The van der Waals surface area contributed by atoms with Gasteiger partial charge in [-0.15, -0.1) is 0 Å². The molecule has 1 aromatic heterocycles. The number of hydrogen-bond donors (Lipinski definition) is 2. The molecular formula is C25H33N5O3S. The first-order chi connectivity index (χ1) is 16.5. The maximum absolute atomic E-state index is 13.1. The summed E-state index contributed by atoms with van der Waals surface area (Å²) in [5.74, 6) is 0.0649. The molecule has 1 unspecified atom stereocenters. The Morgan fingerprint density at radius 1 is 1.06 bits per heavy atom. The van der Waals surface area contributed by atoms with E-state index in [1.165, 1.54) is 22.5 Å². The summed E-state index contributed by atoms with van der Waals surface area (Å²) in [7, 11) is 0. The number of fused-ring (bicyclic) bond motifs is 1. The van der Waals surface area contributed by atoms with Gasteiger partial charge in [0, 0.05) is 58.3 Å². The molecule has 0 saturated carbocycles. The molecule has 0 spiro atoms. The number of aromatic nitrogens is 1. The number of β-amino-alcohol motifs (C(OH)–C–C–N with tert-alkyl or cyclic N) is 1. The number of benzene rings is 1. The van der Waals surface area contributed by atoms with Crippen molar-refractivity contribution in [1.82, 2.24) is 19.7 Å². The number of aliphatic hydroxyl groups excluding tert-OH is 1. The SMILES string of the molecule is CC(=O)N1CCC(Nc2ncc(C(=O)N3CCC(N4CCc5ccccc5C4)[C@@H](O)C3)s2)CC1. The number of likely N-dealkylation sites (tertiary alicyclic amines) is 2. The Hall–Kier alpha value is -2.49. The Balaban J connectivity index is 1.14. The molecule has 1 aromatic carbocycles. The Kier molecular flexibility index (Phi) is 6.85. The molecule has 2 fully saturated rings. The lowest BCUT2D eigenvalue weighted by Crippen LogP contribution is -2.56. The maximum atomic E-state index is 13.1. The summed E-state index contributed by atoms with van der Waals surface area (Å²) in [6.45, 7) is 5.91. The third kappa shape index (κ3) is 4.96. The average molecular weight is 484 g/mol. The molecular weight excluding hydrogens is 450 g/mol. The van der Waals surface area contributed by atoms with Gasteiger partial charge in [0.25, 0.3) is 5.91 Å². The number of anilines is 1. The van der Waals surface area contributed by atoms with Gasteiger partial charge in [-0.2, -0.15) is 0 Å². The molecule has 2 atom stereocenters. The zero-order valence-corrected chi connectivity index (χ0v) is 20.5. The lowest BCUT2D eigenvalue weighted by molar-refractivity contribution is -0.129. The van der Waals surface area contributed by atoms with Crippen LogP contribution in [0.4, 0.5) is 5.13 Å². The molecule has 0 aliphatic carbocycles. The Labute approximate surface area is 204 Å². The number of aliphatic hydroxyl groups is 1. The summed E-state index contributed by atoms with van der Waals surface area (Å²) in [5, 5.41) is 15.1. The standard InChI is InChI=1S/C25H33N5O3S/c1-17(31)28-11-7-20(8-12-28)27-25-26-14-23(34-25)24(33)30-13-9-21(22(32)16-30)29-10-6-18-4-2-3-5-19(18)15-29/h2-5,14,20-22,32H,6-13,15-16H2,1H3,(H,26,27)/t21?,22-/m0/s1. The van der Waals surface area contributed by atoms with Crippen LogP contribution in [0.5, 0.6) is 0 Å². The number of carbonyl (C=O) groups excluding carboxylic acids is 2. The summed E-state index contributed by atoms with van der Waals surface area (Å²) in [6.07, 6.45) is 4.62. The number of rotatable bonds is 4. The van der Waals surface area contributed by atoms with Crippen LogP contribution < -0.4 is 5.32 Å². The summed E-state index contributed by atoms with van der Waals surface area (Å²) in [4.78, 5) is 35.6. The van der Waals surface area contributed by atoms with Gasteiger partial charge in [-0.1, -0.05) is 35.6 Å². The zero-order chi connectivity index (χ0) is 23.7. The highest BCUT2D eigenvalue weighted by atomic mass is 32.1. The minimum atomic E-state index is -0.556. The third-order valence-corrected chi connectivity index (χ3v) is 8.36. The highest BCUT2D eigenvalue weighted by molar-refractivity contribution is 7.17. The van der Waals surface area contributed by atoms with E-state index in [4.69, 9.17) is 0 Å². The second-order valence-corrected chi connectivity index (χ2v) is 10.6. The average Bonchev–Trinajstić information content (AvgIpc) is 3.32. The zero-order valence-electron chi connectivity index (χ0n) is 19.7. The molecule has 3 aliphatic heterocycles. The Morgan fingerprint density at radius 3 is 2.53 bits per heavy atom. The van der Waals surface area contributed by atoms with Crippen LogP contribution in [-0.2, 0) is 17.8 Å². The van der Waals surface area contributed by atoms with E-state index in [2.05, 4.69) is 39.5 Å². The summed E-state index contributed by atoms with van der Waals surface area (Å²) in [5.41, 5.74) is 2.75. The molecule has 3 aliphatic rings. The largest absolute Gasteiger partial charge is 0.390 e. The van der Waals surface area contributed by atoms with Crippen LogP contribution in [0, 0.1) is 0 Å². The van der Waals surface area contributed by atoms with Crippen molar-refractivity contribution in [2.24, 2.45) is 0 Å². The maximum Gasteiger partial charge on any atom is 0.265 e. The molecule has 0 radical (unpaired) electrons. The summed E-state index contributed by atoms with van der Waals surface area (Å²) in [6, 6.07) is 8.87. The molecule has 0 bridgehead atoms. The van der Waals surface area contributed by atoms with Gasteiger partial charge in [-0.25, -0.2) is 4.98 Å². The van der Waals surface area contributed by atoms with Gasteiger partial charge in [0.15, 0.2) is 5.13 Å². The molecule has 182 valence electrons. The van der Waals surface area contributed by atoms with Gasteiger partial charge in [-0.3, -0.25) is 14.5 Å². The van der Waals surface area contributed by atoms with E-state index in [0.29, 0.717) is 18.0 Å². The minimum absolute atomic E-state index is 0.0570. The predicted octanol–water partition coefficient (Wildman–Crippen LogP) is 2.20. The molecule has 8 nitrogen and oxygen atoms in total. The molecule has 2 N–H and O–H groups in total. The number of piperidine rings is 2. The van der Waals surface area contributed by atoms with Crippen molar-refractivity contribution in [1.29, 1.82) is 0 Å². The monoisotopic (exact) mass is 483 g/mol. The quantitative estimate of drug-likeness (QED) is 0.693. The van der Waals surface area contributed by atoms with Crippen molar-refractivity contribution in [3.8, 4) is 0 Å². The predicted molar refractivity (Wildman–Crippen MR) is 132 cm³/mol. The Morgan fingerprint density at radius 2 is 1.79 bits per heavy atom. The van der Waals surface area contributed by atoms with Crippen LogP contribution in [0.3, 0.4) is 0 Å². The van der Waals surface area contributed by atoms with Gasteiger partial charge < -0.3 is 20.2 Å². The molecule has 4 heterocycles. The molecule has 2 saturated heterocycles. The molecule has 2 aromatic rings. The van der Waals surface area contributed by atoms with E-state index in [9.17, 15) is 14.7 Å². The first-order valence-electron chi connectivity index (χ1n) is 12.2. The van der Waals surface area contributed by atoms with Gasteiger partial charge >= 0.3 is 0 Å². The smallest absolute Gasteiger partial charge is 0.265 e. The topological polar surface area (TPSA) is 89.0 Å². The summed E-state index contributed by atoms with van der Waals surface area (Å²) >= 11 is 1.37. The normalized spacial score (nSPS) is 24.1.